The quantitative estimate of drug-likeness (QED) is 0.513. The van der Waals surface area contributed by atoms with Gasteiger partial charge in [-0.15, -0.1) is 0 Å². The first-order valence-corrected chi connectivity index (χ1v) is 4.36. The Balaban J connectivity index is 2.63. The minimum Gasteiger partial charge on any atom is -0.865 e. The molecule has 0 atom stereocenters. The van der Waals surface area contributed by atoms with Crippen LogP contribution in [0.15, 0.2) is 12.1 Å². The number of benzene rings is 1. The van der Waals surface area contributed by atoms with Crippen LogP contribution in [-0.2, 0) is 0 Å². The van der Waals surface area contributed by atoms with Crippen LogP contribution in [-0.4, -0.2) is 27.6 Å². The van der Waals surface area contributed by atoms with Gasteiger partial charge in [-0.2, -0.15) is 5.21 Å². The number of hydrogen-bond acceptors (Lipinski definition) is 7. The van der Waals surface area contributed by atoms with E-state index in [4.69, 9.17) is 4.74 Å². The highest BCUT2D eigenvalue weighted by Gasteiger charge is 2.13. The molecule has 0 saturated carbocycles. The summed E-state index contributed by atoms with van der Waals surface area (Å²) in [6.45, 7) is 0. The standard InChI is InChI=1S/C8H6N5O4/c1-17-6-3-4(8-9-11-12-10-8)2-5(7(6)14)13(15)16/h2-3H,1H3,(H-,9,10,11,12,14)/q-1/p-1. The summed E-state index contributed by atoms with van der Waals surface area (Å²) in [6, 6.07) is 2.36. The third-order valence-corrected chi connectivity index (χ3v) is 2.03. The number of nitro benzene ring substituents is 1. The Bertz CT molecular complexity index is 553. The fourth-order valence-corrected chi connectivity index (χ4v) is 1.26. The summed E-state index contributed by atoms with van der Waals surface area (Å²) in [6.07, 6.45) is 0. The van der Waals surface area contributed by atoms with Crippen molar-refractivity contribution in [3.05, 3.63) is 22.2 Å². The van der Waals surface area contributed by atoms with Gasteiger partial charge in [0.25, 0.3) is 5.69 Å². The van der Waals surface area contributed by atoms with Gasteiger partial charge in [-0.05, 0) is 11.6 Å². The van der Waals surface area contributed by atoms with Gasteiger partial charge in [0.15, 0.2) is 0 Å². The lowest BCUT2D eigenvalue weighted by Gasteiger charge is -2.14. The van der Waals surface area contributed by atoms with Crippen molar-refractivity contribution in [1.29, 1.82) is 0 Å². The largest absolute Gasteiger partial charge is 0.865 e. The summed E-state index contributed by atoms with van der Waals surface area (Å²) < 4.78 is 4.76. The Kier molecular flexibility index (Phi) is 2.57. The van der Waals surface area contributed by atoms with Crippen LogP contribution >= 0.6 is 0 Å². The molecule has 0 saturated heterocycles. The number of hydrogen-bond donors (Lipinski definition) is 0. The average molecular weight is 235 g/mol. The predicted octanol–water partition coefficient (Wildman–Crippen LogP) is -0.514. The molecular weight excluding hydrogens is 230 g/mol. The summed E-state index contributed by atoms with van der Waals surface area (Å²) in [4.78, 5) is 9.90. The van der Waals surface area contributed by atoms with E-state index in [1.54, 1.807) is 0 Å². The molecule has 88 valence electrons. The molecule has 0 aliphatic carbocycles. The van der Waals surface area contributed by atoms with E-state index < -0.39 is 16.4 Å². The highest BCUT2D eigenvalue weighted by Crippen LogP contribution is 2.36. The molecule has 1 aromatic carbocycles. The fourth-order valence-electron chi connectivity index (χ4n) is 1.26. The van der Waals surface area contributed by atoms with E-state index in [2.05, 4.69) is 20.6 Å². The van der Waals surface area contributed by atoms with E-state index in [9.17, 15) is 15.2 Å². The molecule has 0 aliphatic rings. The molecule has 0 fully saturated rings. The van der Waals surface area contributed by atoms with E-state index in [-0.39, 0.29) is 17.1 Å². The topological polar surface area (TPSA) is 128 Å². The molecule has 0 aliphatic heterocycles. The Morgan fingerprint density at radius 1 is 1.47 bits per heavy atom. The van der Waals surface area contributed by atoms with Crippen LogP contribution in [0.2, 0.25) is 0 Å². The molecule has 0 spiro atoms. The zero-order chi connectivity index (χ0) is 12.4. The number of tetrazole rings is 1. The van der Waals surface area contributed by atoms with Crippen molar-refractivity contribution in [2.24, 2.45) is 0 Å². The molecule has 9 heteroatoms. The van der Waals surface area contributed by atoms with Gasteiger partial charge >= 0.3 is 0 Å². The first-order valence-electron chi connectivity index (χ1n) is 4.36. The zero-order valence-corrected chi connectivity index (χ0v) is 8.52. The first-order chi connectivity index (χ1) is 8.13. The second-order valence-electron chi connectivity index (χ2n) is 2.99. The van der Waals surface area contributed by atoms with Crippen LogP contribution in [0, 0.1) is 10.1 Å². The first kappa shape index (κ1) is 10.8. The molecule has 0 bridgehead atoms. The number of rotatable bonds is 3. The Labute approximate surface area is 94.2 Å². The minimum absolute atomic E-state index is 0.0893. The smallest absolute Gasteiger partial charge is 0.266 e. The summed E-state index contributed by atoms with van der Waals surface area (Å²) in [5.74, 6) is -0.862. The SMILES string of the molecule is COc1cc(-c2nnn[n-]2)cc([N+](=O)[O-])c1[O-]. The molecule has 17 heavy (non-hydrogen) atoms. The van der Waals surface area contributed by atoms with E-state index >= 15 is 0 Å². The summed E-state index contributed by atoms with van der Waals surface area (Å²) in [5.41, 5.74) is -0.359. The van der Waals surface area contributed by atoms with Crippen LogP contribution in [0.1, 0.15) is 0 Å². The van der Waals surface area contributed by atoms with Crippen LogP contribution in [0.3, 0.4) is 0 Å². The van der Waals surface area contributed by atoms with Gasteiger partial charge in [0, 0.05) is 17.6 Å². The van der Waals surface area contributed by atoms with Gasteiger partial charge in [-0.25, -0.2) is 0 Å². The van der Waals surface area contributed by atoms with Crippen LogP contribution in [0.25, 0.3) is 11.4 Å². The highest BCUT2D eigenvalue weighted by atomic mass is 16.6. The lowest BCUT2D eigenvalue weighted by atomic mass is 10.1. The number of nitrogens with zero attached hydrogens (tertiary/aromatic N) is 5. The molecular formula is C8H5N5O4-2. The Hall–Kier alpha value is -2.71. The summed E-state index contributed by atoms with van der Waals surface area (Å²) in [7, 11) is 1.24. The van der Waals surface area contributed by atoms with Crippen LogP contribution in [0.5, 0.6) is 11.5 Å². The Morgan fingerprint density at radius 2 is 2.24 bits per heavy atom. The van der Waals surface area contributed by atoms with Gasteiger partial charge in [-0.1, -0.05) is 0 Å². The van der Waals surface area contributed by atoms with Crippen molar-refractivity contribution in [1.82, 2.24) is 20.6 Å². The molecule has 0 unspecified atom stereocenters. The zero-order valence-electron chi connectivity index (χ0n) is 8.52. The third-order valence-electron chi connectivity index (χ3n) is 2.03. The second-order valence-corrected chi connectivity index (χ2v) is 2.99. The maximum absolute atomic E-state index is 11.5. The molecule has 9 nitrogen and oxygen atoms in total. The molecule has 0 radical (unpaired) electrons. The van der Waals surface area contributed by atoms with Crippen molar-refractivity contribution >= 4 is 5.69 Å². The van der Waals surface area contributed by atoms with Gasteiger partial charge in [0.2, 0.25) is 0 Å². The number of aromatic nitrogens is 4. The van der Waals surface area contributed by atoms with Gasteiger partial charge in [-0.3, -0.25) is 20.4 Å². The van der Waals surface area contributed by atoms with Gasteiger partial charge in [0.05, 0.1) is 12.0 Å². The van der Waals surface area contributed by atoms with Crippen molar-refractivity contribution < 1.29 is 14.8 Å². The minimum atomic E-state index is -0.797. The van der Waals surface area contributed by atoms with Crippen LogP contribution in [0.4, 0.5) is 5.69 Å². The number of methoxy groups -OCH3 is 1. The third kappa shape index (κ3) is 1.85. The van der Waals surface area contributed by atoms with Crippen molar-refractivity contribution in [3.8, 4) is 22.9 Å². The highest BCUT2D eigenvalue weighted by molar-refractivity contribution is 5.67. The summed E-state index contributed by atoms with van der Waals surface area (Å²) in [5, 5.41) is 35.8. The fraction of sp³-hybridized carbons (Fsp3) is 0.125. The van der Waals surface area contributed by atoms with Crippen molar-refractivity contribution in [2.45, 2.75) is 0 Å². The van der Waals surface area contributed by atoms with Gasteiger partial charge < -0.3 is 14.9 Å². The van der Waals surface area contributed by atoms with Crippen LogP contribution < -0.4 is 14.9 Å². The summed E-state index contributed by atoms with van der Waals surface area (Å²) >= 11 is 0. The number of ether oxygens (including phenoxy) is 1. The van der Waals surface area contributed by atoms with Crippen molar-refractivity contribution in [3.63, 3.8) is 0 Å². The molecule has 1 aromatic heterocycles. The molecule has 0 amide bonds. The maximum Gasteiger partial charge on any atom is 0.266 e. The average Bonchev–Trinajstić information content (AvgIpc) is 2.82. The van der Waals surface area contributed by atoms with E-state index in [1.165, 1.54) is 13.2 Å². The second kappa shape index (κ2) is 4.04. The van der Waals surface area contributed by atoms with E-state index in [0.29, 0.717) is 0 Å². The predicted molar refractivity (Wildman–Crippen MR) is 51.2 cm³/mol. The molecule has 2 rings (SSSR count). The van der Waals surface area contributed by atoms with Crippen molar-refractivity contribution in [2.75, 3.05) is 7.11 Å². The lowest BCUT2D eigenvalue weighted by Crippen LogP contribution is -2.01. The lowest BCUT2D eigenvalue weighted by molar-refractivity contribution is -0.398. The number of nitro groups is 1. The van der Waals surface area contributed by atoms with Gasteiger partial charge in [0.1, 0.15) is 5.75 Å². The normalized spacial score (nSPS) is 10.2. The molecule has 0 N–H and O–H groups in total. The maximum atomic E-state index is 11.5. The molecule has 1 heterocycles. The monoisotopic (exact) mass is 235 g/mol. The van der Waals surface area contributed by atoms with E-state index in [1.807, 2.05) is 0 Å². The van der Waals surface area contributed by atoms with E-state index in [0.717, 1.165) is 6.07 Å². The molecule has 2 aromatic rings. The Morgan fingerprint density at radius 3 is 2.76 bits per heavy atom.